The number of hydrogen-bond acceptors (Lipinski definition) is 7. The van der Waals surface area contributed by atoms with Gasteiger partial charge < -0.3 is 20.1 Å². The molecule has 3 heterocycles. The molecule has 0 unspecified atom stereocenters. The van der Waals surface area contributed by atoms with Gasteiger partial charge in [-0.1, -0.05) is 0 Å². The molecule has 1 aliphatic heterocycles. The van der Waals surface area contributed by atoms with E-state index >= 15 is 0 Å². The smallest absolute Gasteiger partial charge is 0.276 e. The van der Waals surface area contributed by atoms with Gasteiger partial charge in [0.15, 0.2) is 6.23 Å². The molecule has 0 spiro atoms. The summed E-state index contributed by atoms with van der Waals surface area (Å²) >= 11 is 0. The van der Waals surface area contributed by atoms with E-state index in [1.165, 1.54) is 41.2 Å². The third-order valence-electron chi connectivity index (χ3n) is 4.33. The molecule has 9 nitrogen and oxygen atoms in total. The average molecular weight is 362 g/mol. The van der Waals surface area contributed by atoms with Crippen LogP contribution in [0.25, 0.3) is 17.0 Å². The predicted octanol–water partition coefficient (Wildman–Crippen LogP) is -0.691. The largest absolute Gasteiger partial charge is 0.394 e. The first-order valence-electron chi connectivity index (χ1n) is 7.85. The number of rotatable bonds is 3. The summed E-state index contributed by atoms with van der Waals surface area (Å²) in [5.74, 6) is -0.338. The van der Waals surface area contributed by atoms with E-state index < -0.39 is 42.5 Å². The quantitative estimate of drug-likeness (QED) is 0.564. The highest BCUT2D eigenvalue weighted by Gasteiger charge is 2.44. The van der Waals surface area contributed by atoms with Gasteiger partial charge in [0.2, 0.25) is 5.78 Å². The average Bonchev–Trinajstić information content (AvgIpc) is 3.18. The van der Waals surface area contributed by atoms with E-state index in [4.69, 9.17) is 4.74 Å². The molecule has 0 saturated carbocycles. The molecule has 0 radical (unpaired) electrons. The second-order valence-corrected chi connectivity index (χ2v) is 5.97. The van der Waals surface area contributed by atoms with E-state index in [1.54, 1.807) is 0 Å². The Morgan fingerprint density at radius 3 is 2.58 bits per heavy atom. The molecule has 4 rings (SSSR count). The van der Waals surface area contributed by atoms with Crippen molar-refractivity contribution in [3.63, 3.8) is 0 Å². The Morgan fingerprint density at radius 1 is 1.19 bits per heavy atom. The third kappa shape index (κ3) is 2.59. The van der Waals surface area contributed by atoms with Gasteiger partial charge in [-0.2, -0.15) is 9.61 Å². The van der Waals surface area contributed by atoms with Gasteiger partial charge >= 0.3 is 0 Å². The normalized spacial score (nSPS) is 25.8. The third-order valence-corrected chi connectivity index (χ3v) is 4.33. The van der Waals surface area contributed by atoms with Crippen LogP contribution in [0.1, 0.15) is 6.23 Å². The van der Waals surface area contributed by atoms with Gasteiger partial charge in [-0.15, -0.1) is 0 Å². The summed E-state index contributed by atoms with van der Waals surface area (Å²) in [5.41, 5.74) is 0.350. The Hall–Kier alpha value is -2.66. The highest BCUT2D eigenvalue weighted by atomic mass is 19.1. The van der Waals surface area contributed by atoms with Crippen LogP contribution in [0, 0.1) is 5.82 Å². The van der Waals surface area contributed by atoms with Gasteiger partial charge in [-0.25, -0.2) is 9.37 Å². The molecular formula is C16H15FN4O5. The van der Waals surface area contributed by atoms with Crippen molar-refractivity contribution < 1.29 is 24.4 Å². The highest BCUT2D eigenvalue weighted by molar-refractivity contribution is 5.60. The zero-order valence-corrected chi connectivity index (χ0v) is 13.3. The summed E-state index contributed by atoms with van der Waals surface area (Å²) in [6, 6.07) is 6.74. The van der Waals surface area contributed by atoms with E-state index in [1.807, 2.05) is 0 Å². The minimum absolute atomic E-state index is 0.0756. The lowest BCUT2D eigenvalue weighted by atomic mass is 10.1. The van der Waals surface area contributed by atoms with Crippen LogP contribution >= 0.6 is 0 Å². The second kappa shape index (κ2) is 6.25. The molecule has 10 heteroatoms. The topological polar surface area (TPSA) is 122 Å². The van der Waals surface area contributed by atoms with Crippen molar-refractivity contribution in [2.24, 2.45) is 0 Å². The lowest BCUT2D eigenvalue weighted by Gasteiger charge is -2.16. The van der Waals surface area contributed by atoms with Crippen LogP contribution in [0.3, 0.4) is 0 Å². The molecule has 1 fully saturated rings. The Balaban J connectivity index is 1.82. The van der Waals surface area contributed by atoms with E-state index in [0.29, 0.717) is 11.3 Å². The number of fused-ring (bicyclic) bond motifs is 1. The van der Waals surface area contributed by atoms with Gasteiger partial charge in [0.1, 0.15) is 30.5 Å². The Morgan fingerprint density at radius 2 is 1.92 bits per heavy atom. The summed E-state index contributed by atoms with van der Waals surface area (Å²) in [4.78, 5) is 16.7. The van der Waals surface area contributed by atoms with Crippen LogP contribution in [-0.2, 0) is 4.74 Å². The van der Waals surface area contributed by atoms with Crippen LogP contribution in [0.5, 0.6) is 0 Å². The minimum atomic E-state index is -1.34. The molecule has 3 aromatic rings. The standard InChI is InChI=1S/C16H15FN4O5/c17-9-3-1-8(2-4-9)10-5-12(23)21-16(19-10)20(7-18-21)15-14(25)13(24)11(6-22)26-15/h1-5,7,11,13-15,22,24-25H,6H2/t11-,13-,14-,15-/m1/s1. The van der Waals surface area contributed by atoms with Gasteiger partial charge in [0.25, 0.3) is 5.56 Å². The van der Waals surface area contributed by atoms with E-state index in [9.17, 15) is 24.5 Å². The summed E-state index contributed by atoms with van der Waals surface area (Å²) in [7, 11) is 0. The SMILES string of the molecule is O=c1cc(-c2ccc(F)cc2)nc2n([C@@H]3O[C@H](CO)[C@@H](O)[C@H]3O)cnn12. The summed E-state index contributed by atoms with van der Waals surface area (Å²) in [6.45, 7) is -0.477. The van der Waals surface area contributed by atoms with Crippen molar-refractivity contribution >= 4 is 5.78 Å². The number of hydrogen-bond donors (Lipinski definition) is 3. The van der Waals surface area contributed by atoms with Crippen molar-refractivity contribution in [1.82, 2.24) is 19.2 Å². The number of nitrogens with zero attached hydrogens (tertiary/aromatic N) is 4. The molecule has 1 aromatic carbocycles. The van der Waals surface area contributed by atoms with Crippen molar-refractivity contribution in [1.29, 1.82) is 0 Å². The fourth-order valence-electron chi connectivity index (χ4n) is 2.96. The van der Waals surface area contributed by atoms with Gasteiger partial charge in [-0.05, 0) is 24.3 Å². The van der Waals surface area contributed by atoms with Crippen molar-refractivity contribution in [2.45, 2.75) is 24.5 Å². The van der Waals surface area contributed by atoms with Crippen molar-refractivity contribution in [3.05, 3.63) is 52.8 Å². The predicted molar refractivity (Wildman–Crippen MR) is 85.7 cm³/mol. The van der Waals surface area contributed by atoms with Crippen LogP contribution < -0.4 is 5.56 Å². The number of benzene rings is 1. The van der Waals surface area contributed by atoms with Gasteiger partial charge in [0.05, 0.1) is 12.3 Å². The fraction of sp³-hybridized carbons (Fsp3) is 0.312. The zero-order chi connectivity index (χ0) is 18.4. The number of halogens is 1. The van der Waals surface area contributed by atoms with Crippen LogP contribution in [0.15, 0.2) is 41.5 Å². The molecule has 4 atom stereocenters. The first kappa shape index (κ1) is 16.8. The summed E-state index contributed by atoms with van der Waals surface area (Å²) < 4.78 is 20.9. The number of aliphatic hydroxyl groups excluding tert-OH is 3. The lowest BCUT2D eigenvalue weighted by Crippen LogP contribution is -2.33. The molecule has 2 aromatic heterocycles. The minimum Gasteiger partial charge on any atom is -0.394 e. The monoisotopic (exact) mass is 362 g/mol. The zero-order valence-electron chi connectivity index (χ0n) is 13.3. The summed E-state index contributed by atoms with van der Waals surface area (Å²) in [5, 5.41) is 33.3. The first-order valence-corrected chi connectivity index (χ1v) is 7.85. The molecule has 26 heavy (non-hydrogen) atoms. The Kier molecular flexibility index (Phi) is 4.04. The van der Waals surface area contributed by atoms with Crippen molar-refractivity contribution in [2.75, 3.05) is 6.61 Å². The number of aliphatic hydroxyl groups is 3. The molecule has 0 aliphatic carbocycles. The first-order chi connectivity index (χ1) is 12.5. The Bertz CT molecular complexity index is 1000. The maximum Gasteiger partial charge on any atom is 0.276 e. The van der Waals surface area contributed by atoms with E-state index in [-0.39, 0.29) is 5.78 Å². The molecule has 0 amide bonds. The van der Waals surface area contributed by atoms with Gasteiger partial charge in [0, 0.05) is 11.6 Å². The van der Waals surface area contributed by atoms with Crippen LogP contribution in [0.4, 0.5) is 4.39 Å². The van der Waals surface area contributed by atoms with Crippen molar-refractivity contribution in [3.8, 4) is 11.3 Å². The molecule has 1 aliphatic rings. The maximum absolute atomic E-state index is 13.1. The fourth-order valence-corrected chi connectivity index (χ4v) is 2.96. The molecule has 0 bridgehead atoms. The second-order valence-electron chi connectivity index (χ2n) is 5.97. The number of ether oxygens (including phenoxy) is 1. The molecular weight excluding hydrogens is 347 g/mol. The van der Waals surface area contributed by atoms with Gasteiger partial charge in [-0.3, -0.25) is 9.36 Å². The molecule has 1 saturated heterocycles. The van der Waals surface area contributed by atoms with E-state index in [0.717, 1.165) is 4.52 Å². The molecule has 3 N–H and O–H groups in total. The van der Waals surface area contributed by atoms with Crippen LogP contribution in [-0.4, -0.2) is 59.4 Å². The number of aromatic nitrogens is 4. The highest BCUT2D eigenvalue weighted by Crippen LogP contribution is 2.30. The van der Waals surface area contributed by atoms with Crippen LogP contribution in [0.2, 0.25) is 0 Å². The lowest BCUT2D eigenvalue weighted by molar-refractivity contribution is -0.0512. The molecule has 136 valence electrons. The summed E-state index contributed by atoms with van der Waals surface area (Å²) in [6.07, 6.45) is -3.42. The maximum atomic E-state index is 13.1. The Labute approximate surface area is 145 Å². The van der Waals surface area contributed by atoms with E-state index in [2.05, 4.69) is 10.1 Å².